The van der Waals surface area contributed by atoms with Crippen molar-refractivity contribution in [3.8, 4) is 0 Å². The van der Waals surface area contributed by atoms with Crippen molar-refractivity contribution in [2.24, 2.45) is 11.8 Å². The monoisotopic (exact) mass is 254 g/mol. The standard InChI is InChI=1S/C15H30N2O/c1-12(2)14-6-4-5-7-15(14)17(3)11-13-10-16-8-9-18-13/h12-16H,4-11H2,1-3H3. The zero-order valence-electron chi connectivity index (χ0n) is 12.3. The van der Waals surface area contributed by atoms with Gasteiger partial charge in [0.2, 0.25) is 0 Å². The highest BCUT2D eigenvalue weighted by Gasteiger charge is 2.31. The first-order valence-electron chi connectivity index (χ1n) is 7.71. The molecule has 0 spiro atoms. The van der Waals surface area contributed by atoms with Gasteiger partial charge in [0.05, 0.1) is 12.7 Å². The number of ether oxygens (including phenoxy) is 1. The van der Waals surface area contributed by atoms with E-state index in [9.17, 15) is 0 Å². The Morgan fingerprint density at radius 3 is 2.72 bits per heavy atom. The maximum absolute atomic E-state index is 5.83. The predicted octanol–water partition coefficient (Wildman–Crippen LogP) is 2.12. The third-order valence-electron chi connectivity index (χ3n) is 4.70. The summed E-state index contributed by atoms with van der Waals surface area (Å²) in [5.74, 6) is 1.68. The van der Waals surface area contributed by atoms with E-state index in [-0.39, 0.29) is 0 Å². The summed E-state index contributed by atoms with van der Waals surface area (Å²) in [5.41, 5.74) is 0. The highest BCUT2D eigenvalue weighted by Crippen LogP contribution is 2.33. The van der Waals surface area contributed by atoms with Crippen LogP contribution in [0.15, 0.2) is 0 Å². The van der Waals surface area contributed by atoms with Crippen LogP contribution in [0.25, 0.3) is 0 Å². The van der Waals surface area contributed by atoms with Crippen molar-refractivity contribution < 1.29 is 4.74 Å². The Balaban J connectivity index is 1.86. The molecule has 3 unspecified atom stereocenters. The number of hydrogen-bond acceptors (Lipinski definition) is 3. The van der Waals surface area contributed by atoms with E-state index >= 15 is 0 Å². The second-order valence-corrected chi connectivity index (χ2v) is 6.40. The number of rotatable bonds is 4. The molecule has 1 saturated heterocycles. The lowest BCUT2D eigenvalue weighted by atomic mass is 9.77. The third-order valence-corrected chi connectivity index (χ3v) is 4.70. The molecule has 1 aliphatic heterocycles. The molecule has 3 atom stereocenters. The average Bonchev–Trinajstić information content (AvgIpc) is 2.40. The first-order valence-corrected chi connectivity index (χ1v) is 7.71. The SMILES string of the molecule is CC(C)C1CCCCC1N(C)CC1CNCCO1. The van der Waals surface area contributed by atoms with Gasteiger partial charge >= 0.3 is 0 Å². The summed E-state index contributed by atoms with van der Waals surface area (Å²) in [6.07, 6.45) is 6.01. The molecule has 0 bridgehead atoms. The Kier molecular flexibility index (Phi) is 5.46. The van der Waals surface area contributed by atoms with Gasteiger partial charge in [-0.3, -0.25) is 0 Å². The largest absolute Gasteiger partial charge is 0.374 e. The molecule has 3 heteroatoms. The van der Waals surface area contributed by atoms with E-state index in [1.807, 2.05) is 0 Å². The second-order valence-electron chi connectivity index (χ2n) is 6.40. The van der Waals surface area contributed by atoms with Gasteiger partial charge in [0, 0.05) is 25.7 Å². The van der Waals surface area contributed by atoms with Crippen molar-refractivity contribution in [3.63, 3.8) is 0 Å². The van der Waals surface area contributed by atoms with Crippen LogP contribution in [0.3, 0.4) is 0 Å². The molecule has 0 aromatic carbocycles. The van der Waals surface area contributed by atoms with Crippen LogP contribution in [0.4, 0.5) is 0 Å². The van der Waals surface area contributed by atoms with Crippen molar-refractivity contribution >= 4 is 0 Å². The number of morpholine rings is 1. The van der Waals surface area contributed by atoms with Gasteiger partial charge in [-0.05, 0) is 31.7 Å². The molecule has 3 nitrogen and oxygen atoms in total. The van der Waals surface area contributed by atoms with Gasteiger partial charge < -0.3 is 15.0 Å². The summed E-state index contributed by atoms with van der Waals surface area (Å²) in [6, 6.07) is 0.768. The maximum Gasteiger partial charge on any atom is 0.0826 e. The van der Waals surface area contributed by atoms with E-state index in [1.54, 1.807) is 0 Å². The molecular formula is C15H30N2O. The molecule has 0 radical (unpaired) electrons. The Morgan fingerprint density at radius 1 is 1.28 bits per heavy atom. The van der Waals surface area contributed by atoms with Crippen LogP contribution in [0, 0.1) is 11.8 Å². The summed E-state index contributed by atoms with van der Waals surface area (Å²) >= 11 is 0. The van der Waals surface area contributed by atoms with E-state index in [0.29, 0.717) is 6.10 Å². The first kappa shape index (κ1) is 14.3. The van der Waals surface area contributed by atoms with Gasteiger partial charge in [0.15, 0.2) is 0 Å². The van der Waals surface area contributed by atoms with Crippen molar-refractivity contribution in [1.82, 2.24) is 10.2 Å². The highest BCUT2D eigenvalue weighted by atomic mass is 16.5. The minimum absolute atomic E-state index is 0.387. The minimum Gasteiger partial charge on any atom is -0.374 e. The summed E-state index contributed by atoms with van der Waals surface area (Å²) in [4.78, 5) is 2.57. The van der Waals surface area contributed by atoms with Crippen molar-refractivity contribution in [1.29, 1.82) is 0 Å². The fourth-order valence-corrected chi connectivity index (χ4v) is 3.66. The second kappa shape index (κ2) is 6.88. The molecule has 2 fully saturated rings. The minimum atomic E-state index is 0.387. The number of likely N-dealkylation sites (N-methyl/N-ethyl adjacent to an activating group) is 1. The molecular weight excluding hydrogens is 224 g/mol. The molecule has 0 aromatic rings. The fraction of sp³-hybridized carbons (Fsp3) is 1.00. The van der Waals surface area contributed by atoms with Crippen LogP contribution >= 0.6 is 0 Å². The Morgan fingerprint density at radius 2 is 2.06 bits per heavy atom. The zero-order chi connectivity index (χ0) is 13.0. The summed E-state index contributed by atoms with van der Waals surface area (Å²) < 4.78 is 5.83. The maximum atomic E-state index is 5.83. The molecule has 18 heavy (non-hydrogen) atoms. The number of nitrogens with zero attached hydrogens (tertiary/aromatic N) is 1. The van der Waals surface area contributed by atoms with Crippen LogP contribution in [0.1, 0.15) is 39.5 Å². The van der Waals surface area contributed by atoms with Gasteiger partial charge in [-0.25, -0.2) is 0 Å². The van der Waals surface area contributed by atoms with Gasteiger partial charge in [0.25, 0.3) is 0 Å². The summed E-state index contributed by atoms with van der Waals surface area (Å²) in [5, 5.41) is 3.43. The quantitative estimate of drug-likeness (QED) is 0.832. The van der Waals surface area contributed by atoms with Crippen molar-refractivity contribution in [2.75, 3.05) is 33.3 Å². The van der Waals surface area contributed by atoms with Crippen molar-refractivity contribution in [3.05, 3.63) is 0 Å². The van der Waals surface area contributed by atoms with E-state index in [2.05, 4.69) is 31.1 Å². The molecule has 1 heterocycles. The van der Waals surface area contributed by atoms with E-state index in [1.165, 1.54) is 25.7 Å². The Hall–Kier alpha value is -0.120. The third kappa shape index (κ3) is 3.69. The Labute approximate surface area is 112 Å². The molecule has 1 saturated carbocycles. The normalized spacial score (nSPS) is 34.2. The molecule has 0 amide bonds. The van der Waals surface area contributed by atoms with Gasteiger partial charge in [-0.2, -0.15) is 0 Å². The average molecular weight is 254 g/mol. The van der Waals surface area contributed by atoms with Crippen molar-refractivity contribution in [2.45, 2.75) is 51.7 Å². The fourth-order valence-electron chi connectivity index (χ4n) is 3.66. The molecule has 0 aromatic heterocycles. The predicted molar refractivity (Wildman–Crippen MR) is 75.8 cm³/mol. The van der Waals surface area contributed by atoms with E-state index < -0.39 is 0 Å². The number of hydrogen-bond donors (Lipinski definition) is 1. The van der Waals surface area contributed by atoms with Crippen LogP contribution in [-0.4, -0.2) is 50.3 Å². The Bertz CT molecular complexity index is 239. The number of nitrogens with one attached hydrogen (secondary N) is 1. The lowest BCUT2D eigenvalue weighted by Gasteiger charge is -2.41. The first-order chi connectivity index (χ1) is 8.68. The van der Waals surface area contributed by atoms with Crippen LogP contribution < -0.4 is 5.32 Å². The summed E-state index contributed by atoms with van der Waals surface area (Å²) in [7, 11) is 2.29. The molecule has 1 N–H and O–H groups in total. The molecule has 106 valence electrons. The van der Waals surface area contributed by atoms with E-state index in [4.69, 9.17) is 4.74 Å². The zero-order valence-corrected chi connectivity index (χ0v) is 12.3. The van der Waals surface area contributed by atoms with Gasteiger partial charge in [-0.1, -0.05) is 26.7 Å². The van der Waals surface area contributed by atoms with Crippen LogP contribution in [0.5, 0.6) is 0 Å². The topological polar surface area (TPSA) is 24.5 Å². The smallest absolute Gasteiger partial charge is 0.0826 e. The summed E-state index contributed by atoms with van der Waals surface area (Å²) in [6.45, 7) is 8.75. The molecule has 2 rings (SSSR count). The van der Waals surface area contributed by atoms with Gasteiger partial charge in [-0.15, -0.1) is 0 Å². The molecule has 1 aliphatic carbocycles. The lowest BCUT2D eigenvalue weighted by Crippen LogP contribution is -2.49. The van der Waals surface area contributed by atoms with E-state index in [0.717, 1.165) is 44.1 Å². The van der Waals surface area contributed by atoms with Crippen LogP contribution in [0.2, 0.25) is 0 Å². The van der Waals surface area contributed by atoms with Gasteiger partial charge in [0.1, 0.15) is 0 Å². The highest BCUT2D eigenvalue weighted by molar-refractivity contribution is 4.85. The van der Waals surface area contributed by atoms with Crippen LogP contribution in [-0.2, 0) is 4.74 Å². The molecule has 2 aliphatic rings. The lowest BCUT2D eigenvalue weighted by molar-refractivity contribution is -0.0108.